The zero-order valence-corrected chi connectivity index (χ0v) is 10.3. The molecule has 0 spiro atoms. The summed E-state index contributed by atoms with van der Waals surface area (Å²) in [5, 5.41) is 9.33. The van der Waals surface area contributed by atoms with Gasteiger partial charge in [0.15, 0.2) is 0 Å². The van der Waals surface area contributed by atoms with Gasteiger partial charge in [-0.2, -0.15) is 0 Å². The van der Waals surface area contributed by atoms with Crippen molar-refractivity contribution in [1.29, 1.82) is 0 Å². The first-order valence-electron chi connectivity index (χ1n) is 5.13. The second-order valence-electron chi connectivity index (χ2n) is 4.00. The molecule has 0 aromatic carbocycles. The molecule has 0 amide bonds. The highest BCUT2D eigenvalue weighted by molar-refractivity contribution is 8.00. The van der Waals surface area contributed by atoms with Crippen molar-refractivity contribution in [2.24, 2.45) is 11.7 Å². The van der Waals surface area contributed by atoms with Gasteiger partial charge in [0.05, 0.1) is 12.9 Å². The smallest absolute Gasteiger partial charge is 0.114 e. The molecule has 1 aromatic heterocycles. The molecule has 1 aromatic rings. The molecule has 0 aliphatic rings. The molecular formula is C11H19NO2S. The van der Waals surface area contributed by atoms with Gasteiger partial charge in [0.2, 0.25) is 0 Å². The first-order chi connectivity index (χ1) is 7.06. The van der Waals surface area contributed by atoms with Crippen LogP contribution in [0.5, 0.6) is 0 Å². The number of nitrogens with two attached hydrogens (primary N) is 1. The van der Waals surface area contributed by atoms with Crippen LogP contribution in [0.3, 0.4) is 0 Å². The summed E-state index contributed by atoms with van der Waals surface area (Å²) in [6.45, 7) is 6.14. The number of hydrogen-bond acceptors (Lipinski definition) is 4. The van der Waals surface area contributed by atoms with Crippen molar-refractivity contribution < 1.29 is 9.52 Å². The molecule has 0 saturated carbocycles. The summed E-state index contributed by atoms with van der Waals surface area (Å²) in [6.07, 6.45) is 1.66. The molecule has 1 heterocycles. The number of hydrogen-bond donors (Lipinski definition) is 2. The lowest BCUT2D eigenvalue weighted by Gasteiger charge is -2.24. The van der Waals surface area contributed by atoms with Gasteiger partial charge in [-0.25, -0.2) is 0 Å². The van der Waals surface area contributed by atoms with Crippen molar-refractivity contribution in [1.82, 2.24) is 0 Å². The van der Waals surface area contributed by atoms with E-state index in [4.69, 9.17) is 10.2 Å². The minimum Gasteiger partial charge on any atom is -0.468 e. The molecular weight excluding hydrogens is 210 g/mol. The Kier molecular flexibility index (Phi) is 4.70. The predicted octanol–water partition coefficient (Wildman–Crippen LogP) is 2.02. The quantitative estimate of drug-likeness (QED) is 0.758. The highest BCUT2D eigenvalue weighted by Gasteiger charge is 2.22. The number of rotatable bonds is 5. The Morgan fingerprint density at radius 1 is 1.53 bits per heavy atom. The second-order valence-corrected chi connectivity index (χ2v) is 5.28. The van der Waals surface area contributed by atoms with E-state index in [0.717, 1.165) is 10.7 Å². The molecule has 4 heteroatoms. The minimum atomic E-state index is -0.00528. The predicted molar refractivity (Wildman–Crippen MR) is 63.0 cm³/mol. The first kappa shape index (κ1) is 12.6. The van der Waals surface area contributed by atoms with Gasteiger partial charge in [-0.1, -0.05) is 13.8 Å². The maximum absolute atomic E-state index is 9.30. The van der Waals surface area contributed by atoms with Gasteiger partial charge in [-0.15, -0.1) is 11.8 Å². The highest BCUT2D eigenvalue weighted by atomic mass is 32.2. The third-order valence-electron chi connectivity index (χ3n) is 2.47. The van der Waals surface area contributed by atoms with Crippen LogP contribution in [0.1, 0.15) is 19.6 Å². The number of aliphatic hydroxyl groups is 1. The van der Waals surface area contributed by atoms with Crippen molar-refractivity contribution in [3.8, 4) is 0 Å². The van der Waals surface area contributed by atoms with Gasteiger partial charge in [0, 0.05) is 16.2 Å². The molecule has 0 saturated heterocycles. The average molecular weight is 229 g/mol. The molecule has 0 aliphatic heterocycles. The topological polar surface area (TPSA) is 59.4 Å². The molecule has 2 atom stereocenters. The van der Waals surface area contributed by atoms with Crippen molar-refractivity contribution in [2.45, 2.75) is 37.0 Å². The fourth-order valence-corrected chi connectivity index (χ4v) is 2.55. The van der Waals surface area contributed by atoms with E-state index in [2.05, 4.69) is 13.8 Å². The summed E-state index contributed by atoms with van der Waals surface area (Å²) in [5.41, 5.74) is 6.03. The zero-order valence-electron chi connectivity index (χ0n) is 9.43. The van der Waals surface area contributed by atoms with Gasteiger partial charge in [-0.3, -0.25) is 0 Å². The maximum Gasteiger partial charge on any atom is 0.114 e. The summed E-state index contributed by atoms with van der Waals surface area (Å²) in [6, 6.07) is 1.91. The number of furan rings is 1. The number of aliphatic hydroxyl groups excluding tert-OH is 1. The maximum atomic E-state index is 9.30. The monoisotopic (exact) mass is 229 g/mol. The van der Waals surface area contributed by atoms with E-state index in [0.29, 0.717) is 5.92 Å². The lowest BCUT2D eigenvalue weighted by Crippen LogP contribution is -2.39. The molecule has 0 aliphatic carbocycles. The summed E-state index contributed by atoms with van der Waals surface area (Å²) in [4.78, 5) is 1.06. The van der Waals surface area contributed by atoms with Crippen LogP contribution in [0.25, 0.3) is 0 Å². The third-order valence-corrected chi connectivity index (χ3v) is 3.91. The summed E-state index contributed by atoms with van der Waals surface area (Å²) in [5.74, 6) is 1.25. The zero-order chi connectivity index (χ0) is 11.4. The molecule has 2 unspecified atom stereocenters. The molecule has 0 bridgehead atoms. The molecule has 3 N–H and O–H groups in total. The highest BCUT2D eigenvalue weighted by Crippen LogP contribution is 2.29. The van der Waals surface area contributed by atoms with E-state index in [9.17, 15) is 5.11 Å². The van der Waals surface area contributed by atoms with E-state index >= 15 is 0 Å². The second kappa shape index (κ2) is 5.58. The van der Waals surface area contributed by atoms with Gasteiger partial charge in [0.1, 0.15) is 5.76 Å². The summed E-state index contributed by atoms with van der Waals surface area (Å²) < 4.78 is 5.21. The fourth-order valence-electron chi connectivity index (χ4n) is 1.33. The van der Waals surface area contributed by atoms with E-state index in [1.807, 2.05) is 13.0 Å². The normalized spacial score (nSPS) is 15.6. The van der Waals surface area contributed by atoms with Gasteiger partial charge >= 0.3 is 0 Å². The van der Waals surface area contributed by atoms with Crippen LogP contribution in [0.15, 0.2) is 21.6 Å². The van der Waals surface area contributed by atoms with Gasteiger partial charge < -0.3 is 15.3 Å². The summed E-state index contributed by atoms with van der Waals surface area (Å²) in [7, 11) is 0. The van der Waals surface area contributed by atoms with Crippen LogP contribution in [-0.2, 0) is 0 Å². The largest absolute Gasteiger partial charge is 0.468 e. The molecule has 3 nitrogen and oxygen atoms in total. The Morgan fingerprint density at radius 2 is 2.20 bits per heavy atom. The van der Waals surface area contributed by atoms with Crippen LogP contribution in [-0.4, -0.2) is 23.0 Å². The Hall–Kier alpha value is -0.450. The lowest BCUT2D eigenvalue weighted by atomic mass is 10.0. The van der Waals surface area contributed by atoms with E-state index in [-0.39, 0.29) is 17.9 Å². The van der Waals surface area contributed by atoms with Crippen LogP contribution in [0, 0.1) is 12.8 Å². The van der Waals surface area contributed by atoms with Crippen molar-refractivity contribution >= 4 is 11.8 Å². The third kappa shape index (κ3) is 3.26. The van der Waals surface area contributed by atoms with Crippen molar-refractivity contribution in [3.63, 3.8) is 0 Å². The van der Waals surface area contributed by atoms with E-state index in [1.165, 1.54) is 0 Å². The lowest BCUT2D eigenvalue weighted by molar-refractivity contribution is 0.269. The van der Waals surface area contributed by atoms with Crippen molar-refractivity contribution in [3.05, 3.63) is 18.1 Å². The average Bonchev–Trinajstić information content (AvgIpc) is 2.59. The van der Waals surface area contributed by atoms with Gasteiger partial charge in [-0.05, 0) is 18.9 Å². The number of aryl methyl sites for hydroxylation is 1. The molecule has 15 heavy (non-hydrogen) atoms. The fraction of sp³-hybridized carbons (Fsp3) is 0.636. The summed E-state index contributed by atoms with van der Waals surface area (Å²) >= 11 is 1.59. The molecule has 0 radical (unpaired) electrons. The first-order valence-corrected chi connectivity index (χ1v) is 6.01. The van der Waals surface area contributed by atoms with Crippen molar-refractivity contribution in [2.75, 3.05) is 6.61 Å². The Balaban J connectivity index is 2.65. The van der Waals surface area contributed by atoms with E-state index < -0.39 is 0 Å². The van der Waals surface area contributed by atoms with Gasteiger partial charge in [0.25, 0.3) is 0 Å². The van der Waals surface area contributed by atoms with E-state index in [1.54, 1.807) is 18.0 Å². The standard InChI is InChI=1S/C11H19NO2S/c1-7(2)11(12)10(6-13)15-9-4-5-14-8(9)3/h4-5,7,10-11,13H,6,12H2,1-3H3. The van der Waals surface area contributed by atoms with Crippen LogP contribution < -0.4 is 5.73 Å². The Bertz CT molecular complexity index is 299. The number of thioether (sulfide) groups is 1. The molecule has 1 rings (SSSR count). The Morgan fingerprint density at radius 3 is 2.60 bits per heavy atom. The molecule has 0 fully saturated rings. The van der Waals surface area contributed by atoms with Crippen LogP contribution in [0.4, 0.5) is 0 Å². The minimum absolute atomic E-state index is 0.00528. The van der Waals surface area contributed by atoms with Crippen LogP contribution >= 0.6 is 11.8 Å². The SMILES string of the molecule is Cc1occc1SC(CO)C(N)C(C)C. The Labute approximate surface area is 95.0 Å². The molecule has 86 valence electrons. The van der Waals surface area contributed by atoms with Crippen LogP contribution in [0.2, 0.25) is 0 Å².